The Labute approximate surface area is 155 Å². The molecule has 1 aromatic heterocycles. The van der Waals surface area contributed by atoms with Gasteiger partial charge in [-0.25, -0.2) is 4.39 Å². The molecule has 26 heavy (non-hydrogen) atoms. The summed E-state index contributed by atoms with van der Waals surface area (Å²) in [6.07, 6.45) is 0.552. The van der Waals surface area contributed by atoms with Crippen LogP contribution in [0.5, 0.6) is 0 Å². The van der Waals surface area contributed by atoms with E-state index in [9.17, 15) is 9.18 Å². The average Bonchev–Trinajstić information content (AvgIpc) is 3.10. The lowest BCUT2D eigenvalue weighted by Gasteiger charge is -2.14. The van der Waals surface area contributed by atoms with Gasteiger partial charge in [0.25, 0.3) is 0 Å². The summed E-state index contributed by atoms with van der Waals surface area (Å²) in [5, 5.41) is 7.43. The minimum atomic E-state index is -0.330. The van der Waals surface area contributed by atoms with Crippen LogP contribution in [-0.4, -0.2) is 16.0 Å². The van der Waals surface area contributed by atoms with Crippen molar-refractivity contribution in [3.63, 3.8) is 0 Å². The number of carbonyl (C=O) groups is 1. The molecular formula is C19H17ClFN3O2. The lowest BCUT2D eigenvalue weighted by Crippen LogP contribution is -2.26. The molecule has 1 heterocycles. The number of rotatable bonds is 6. The zero-order chi connectivity index (χ0) is 18.5. The summed E-state index contributed by atoms with van der Waals surface area (Å²) in [6.45, 7) is 1.90. The van der Waals surface area contributed by atoms with Crippen molar-refractivity contribution in [1.29, 1.82) is 0 Å². The fourth-order valence-electron chi connectivity index (χ4n) is 2.44. The van der Waals surface area contributed by atoms with Crippen LogP contribution in [0.4, 0.5) is 4.39 Å². The maximum Gasteiger partial charge on any atom is 0.227 e. The molecule has 0 spiro atoms. The maximum atomic E-state index is 12.9. The molecule has 3 rings (SSSR count). The smallest absolute Gasteiger partial charge is 0.227 e. The normalized spacial score (nSPS) is 12.0. The molecule has 2 aromatic carbocycles. The number of nitrogens with one attached hydrogen (secondary N) is 1. The quantitative estimate of drug-likeness (QED) is 0.698. The van der Waals surface area contributed by atoms with Crippen molar-refractivity contribution in [3.8, 4) is 11.4 Å². The topological polar surface area (TPSA) is 68.0 Å². The van der Waals surface area contributed by atoms with E-state index in [1.807, 2.05) is 19.1 Å². The van der Waals surface area contributed by atoms with Crippen LogP contribution in [0, 0.1) is 5.82 Å². The van der Waals surface area contributed by atoms with Crippen molar-refractivity contribution in [2.45, 2.75) is 25.8 Å². The number of amides is 1. The molecule has 0 aliphatic rings. The van der Waals surface area contributed by atoms with E-state index in [0.717, 1.165) is 5.56 Å². The first kappa shape index (κ1) is 18.1. The van der Waals surface area contributed by atoms with Gasteiger partial charge >= 0.3 is 0 Å². The fraction of sp³-hybridized carbons (Fsp3) is 0.211. The number of hydrogen-bond donors (Lipinski definition) is 1. The Kier molecular flexibility index (Phi) is 5.63. The van der Waals surface area contributed by atoms with Gasteiger partial charge in [-0.3, -0.25) is 4.79 Å². The van der Waals surface area contributed by atoms with E-state index in [1.54, 1.807) is 24.3 Å². The highest BCUT2D eigenvalue weighted by molar-refractivity contribution is 6.30. The molecule has 5 nitrogen and oxygen atoms in total. The van der Waals surface area contributed by atoms with Gasteiger partial charge in [-0.1, -0.05) is 28.9 Å². The second-order valence-corrected chi connectivity index (χ2v) is 6.30. The van der Waals surface area contributed by atoms with Crippen molar-refractivity contribution in [2.75, 3.05) is 0 Å². The van der Waals surface area contributed by atoms with E-state index in [0.29, 0.717) is 28.7 Å². The first-order valence-corrected chi connectivity index (χ1v) is 8.52. The van der Waals surface area contributed by atoms with E-state index >= 15 is 0 Å². The van der Waals surface area contributed by atoms with Crippen molar-refractivity contribution in [1.82, 2.24) is 15.5 Å². The third kappa shape index (κ3) is 4.67. The van der Waals surface area contributed by atoms with Crippen molar-refractivity contribution >= 4 is 17.5 Å². The molecule has 0 aliphatic carbocycles. The van der Waals surface area contributed by atoms with Gasteiger partial charge in [-0.15, -0.1) is 0 Å². The van der Waals surface area contributed by atoms with Crippen molar-refractivity contribution in [2.24, 2.45) is 0 Å². The zero-order valence-electron chi connectivity index (χ0n) is 14.1. The summed E-state index contributed by atoms with van der Waals surface area (Å²) in [6, 6.07) is 13.0. The molecule has 134 valence electrons. The molecule has 3 aromatic rings. The number of halogens is 2. The Balaban J connectivity index is 1.53. The molecule has 1 N–H and O–H groups in total. The van der Waals surface area contributed by atoms with Crippen molar-refractivity contribution < 1.29 is 13.7 Å². The predicted octanol–water partition coefficient (Wildman–Crippen LogP) is 4.34. The molecule has 0 fully saturated rings. The summed E-state index contributed by atoms with van der Waals surface area (Å²) < 4.78 is 18.1. The van der Waals surface area contributed by atoms with Crippen LogP contribution >= 0.6 is 11.6 Å². The highest BCUT2D eigenvalue weighted by atomic mass is 35.5. The van der Waals surface area contributed by atoms with Gasteiger partial charge < -0.3 is 9.84 Å². The molecule has 0 saturated heterocycles. The summed E-state index contributed by atoms with van der Waals surface area (Å²) in [5.41, 5.74) is 1.63. The molecule has 0 radical (unpaired) electrons. The number of nitrogens with zero attached hydrogens (tertiary/aromatic N) is 2. The van der Waals surface area contributed by atoms with Crippen LogP contribution in [0.1, 0.15) is 30.8 Å². The monoisotopic (exact) mass is 373 g/mol. The average molecular weight is 374 g/mol. The van der Waals surface area contributed by atoms with Crippen LogP contribution in [0.15, 0.2) is 53.1 Å². The molecule has 0 saturated carbocycles. The molecule has 1 atom stereocenters. The van der Waals surface area contributed by atoms with Crippen LogP contribution in [-0.2, 0) is 11.2 Å². The van der Waals surface area contributed by atoms with E-state index in [4.69, 9.17) is 16.1 Å². The standard InChI is InChI=1S/C19H17ClFN3O2/c1-12(13-2-6-15(20)7-3-13)22-17(25)10-11-18-23-19(24-26-18)14-4-8-16(21)9-5-14/h2-9,12H,10-11H2,1H3,(H,22,25)/t12-/m0/s1. The Morgan fingerprint density at radius 1 is 1.19 bits per heavy atom. The minimum absolute atomic E-state index is 0.117. The van der Waals surface area contributed by atoms with E-state index in [2.05, 4.69) is 15.5 Å². The number of hydrogen-bond acceptors (Lipinski definition) is 4. The van der Waals surface area contributed by atoms with Crippen LogP contribution < -0.4 is 5.32 Å². The van der Waals surface area contributed by atoms with Gasteiger partial charge in [0.15, 0.2) is 0 Å². The molecular weight excluding hydrogens is 357 g/mol. The van der Waals surface area contributed by atoms with Gasteiger partial charge in [0.1, 0.15) is 5.82 Å². The molecule has 0 bridgehead atoms. The van der Waals surface area contributed by atoms with Crippen LogP contribution in [0.3, 0.4) is 0 Å². The highest BCUT2D eigenvalue weighted by Gasteiger charge is 2.13. The molecule has 0 aliphatic heterocycles. The Bertz CT molecular complexity index is 879. The van der Waals surface area contributed by atoms with E-state index in [-0.39, 0.29) is 24.2 Å². The molecule has 1 amide bonds. The first-order valence-electron chi connectivity index (χ1n) is 8.14. The largest absolute Gasteiger partial charge is 0.350 e. The van der Waals surface area contributed by atoms with Gasteiger partial charge in [0.2, 0.25) is 17.6 Å². The van der Waals surface area contributed by atoms with Gasteiger partial charge in [0, 0.05) is 23.4 Å². The SMILES string of the molecule is C[C@H](NC(=O)CCc1nc(-c2ccc(F)cc2)no1)c1ccc(Cl)cc1. The maximum absolute atomic E-state index is 12.9. The number of aromatic nitrogens is 2. The van der Waals surface area contributed by atoms with E-state index < -0.39 is 0 Å². The Morgan fingerprint density at radius 3 is 2.58 bits per heavy atom. The van der Waals surface area contributed by atoms with Crippen LogP contribution in [0.2, 0.25) is 5.02 Å². The number of aryl methyl sites for hydroxylation is 1. The van der Waals surface area contributed by atoms with Gasteiger partial charge in [-0.2, -0.15) is 4.98 Å². The zero-order valence-corrected chi connectivity index (χ0v) is 14.8. The van der Waals surface area contributed by atoms with Crippen LogP contribution in [0.25, 0.3) is 11.4 Å². The first-order chi connectivity index (χ1) is 12.5. The van der Waals surface area contributed by atoms with Gasteiger partial charge in [-0.05, 0) is 48.9 Å². The second-order valence-electron chi connectivity index (χ2n) is 5.86. The predicted molar refractivity (Wildman–Crippen MR) is 96.0 cm³/mol. The molecule has 7 heteroatoms. The second kappa shape index (κ2) is 8.10. The van der Waals surface area contributed by atoms with E-state index in [1.165, 1.54) is 12.1 Å². The third-order valence-corrected chi connectivity index (χ3v) is 4.14. The summed E-state index contributed by atoms with van der Waals surface area (Å²) in [7, 11) is 0. The molecule has 0 unspecified atom stereocenters. The number of benzene rings is 2. The Hall–Kier alpha value is -2.73. The lowest BCUT2D eigenvalue weighted by atomic mass is 10.1. The lowest BCUT2D eigenvalue weighted by molar-refractivity contribution is -0.121. The van der Waals surface area contributed by atoms with Crippen molar-refractivity contribution in [3.05, 3.63) is 70.8 Å². The highest BCUT2D eigenvalue weighted by Crippen LogP contribution is 2.18. The summed E-state index contributed by atoms with van der Waals surface area (Å²) in [5.74, 6) is 0.284. The Morgan fingerprint density at radius 2 is 1.88 bits per heavy atom. The van der Waals surface area contributed by atoms with Gasteiger partial charge in [0.05, 0.1) is 6.04 Å². The summed E-state index contributed by atoms with van der Waals surface area (Å²) in [4.78, 5) is 16.3. The third-order valence-electron chi connectivity index (χ3n) is 3.88. The minimum Gasteiger partial charge on any atom is -0.350 e. The number of carbonyl (C=O) groups excluding carboxylic acids is 1. The summed E-state index contributed by atoms with van der Waals surface area (Å²) >= 11 is 5.86. The fourth-order valence-corrected chi connectivity index (χ4v) is 2.57.